The van der Waals surface area contributed by atoms with Crippen molar-refractivity contribution in [2.45, 2.75) is 0 Å². The summed E-state index contributed by atoms with van der Waals surface area (Å²) in [4.78, 5) is 31.5. The lowest BCUT2D eigenvalue weighted by molar-refractivity contribution is 0.0827. The number of amides is 1. The lowest BCUT2D eigenvalue weighted by Crippen LogP contribution is -2.21. The number of hydrogen-bond donors (Lipinski definition) is 0. The van der Waals surface area contributed by atoms with Crippen LogP contribution in [-0.2, 0) is 7.05 Å². The van der Waals surface area contributed by atoms with Gasteiger partial charge in [0.2, 0.25) is 0 Å². The zero-order valence-corrected chi connectivity index (χ0v) is 18.6. The molecule has 0 saturated carbocycles. The average Bonchev–Trinajstić information content (AvgIpc) is 3.20. The average molecular weight is 435 g/mol. The molecule has 0 aliphatic rings. The fourth-order valence-corrected chi connectivity index (χ4v) is 3.86. The molecule has 0 aromatic carbocycles. The Balaban J connectivity index is 1.54. The van der Waals surface area contributed by atoms with E-state index in [9.17, 15) is 4.79 Å². The van der Waals surface area contributed by atoms with Crippen LogP contribution in [0.15, 0.2) is 79.8 Å². The molecule has 0 radical (unpaired) electrons. The maximum absolute atomic E-state index is 12.1. The van der Waals surface area contributed by atoms with E-state index in [4.69, 9.17) is 4.98 Å². The van der Waals surface area contributed by atoms with Crippen molar-refractivity contribution in [3.05, 3.63) is 85.3 Å². The van der Waals surface area contributed by atoms with Crippen LogP contribution in [0.1, 0.15) is 10.4 Å². The third-order valence-corrected chi connectivity index (χ3v) is 5.57. The highest BCUT2D eigenvalue weighted by Crippen LogP contribution is 2.32. The van der Waals surface area contributed by atoms with E-state index in [-0.39, 0.29) is 5.91 Å². The Morgan fingerprint density at radius 2 is 1.64 bits per heavy atom. The molecule has 5 aromatic rings. The number of aryl methyl sites for hydroxylation is 1. The van der Waals surface area contributed by atoms with Gasteiger partial charge >= 0.3 is 0 Å². The van der Waals surface area contributed by atoms with Crippen LogP contribution in [0, 0.1) is 0 Å². The summed E-state index contributed by atoms with van der Waals surface area (Å²) in [6.45, 7) is 0. The van der Waals surface area contributed by atoms with Gasteiger partial charge in [-0.05, 0) is 30.3 Å². The zero-order valence-electron chi connectivity index (χ0n) is 18.6. The van der Waals surface area contributed by atoms with Gasteiger partial charge in [0.25, 0.3) is 5.91 Å². The second kappa shape index (κ2) is 8.27. The predicted octanol–water partition coefficient (Wildman–Crippen LogP) is 4.46. The van der Waals surface area contributed by atoms with E-state index >= 15 is 0 Å². The molecule has 0 aliphatic carbocycles. The van der Waals surface area contributed by atoms with E-state index in [1.807, 2.05) is 54.5 Å². The predicted molar refractivity (Wildman–Crippen MR) is 128 cm³/mol. The van der Waals surface area contributed by atoms with Crippen molar-refractivity contribution in [3.63, 3.8) is 0 Å². The molecule has 0 fully saturated rings. The molecule has 0 N–H and O–H groups in total. The second-order valence-electron chi connectivity index (χ2n) is 8.08. The van der Waals surface area contributed by atoms with Gasteiger partial charge in [0.15, 0.2) is 0 Å². The van der Waals surface area contributed by atoms with E-state index in [1.54, 1.807) is 38.8 Å². The third kappa shape index (κ3) is 3.85. The highest BCUT2D eigenvalue weighted by atomic mass is 16.2. The van der Waals surface area contributed by atoms with Gasteiger partial charge in [0, 0.05) is 97.7 Å². The summed E-state index contributed by atoms with van der Waals surface area (Å²) < 4.78 is 2.02. The fraction of sp³-hybridized carbons (Fsp3) is 0.115. The maximum Gasteiger partial charge on any atom is 0.254 e. The number of fused-ring (bicyclic) bond motifs is 1. The Labute approximate surface area is 191 Å². The lowest BCUT2D eigenvalue weighted by Gasteiger charge is -2.10. The molecule has 7 heteroatoms. The largest absolute Gasteiger partial charge is 0.345 e. The van der Waals surface area contributed by atoms with Gasteiger partial charge in [0.1, 0.15) is 5.65 Å². The Morgan fingerprint density at radius 3 is 2.36 bits per heavy atom. The molecule has 5 heterocycles. The van der Waals surface area contributed by atoms with Crippen molar-refractivity contribution >= 4 is 16.9 Å². The van der Waals surface area contributed by atoms with Crippen LogP contribution in [0.4, 0.5) is 0 Å². The SMILES string of the molecule is CN(C)C(=O)c1ccc(-c2cncc(-c3cnc4c(c3)c(-c3cccnc3)cn4C)c2)nc1. The van der Waals surface area contributed by atoms with E-state index in [0.29, 0.717) is 5.56 Å². The molecule has 5 aromatic heterocycles. The van der Waals surface area contributed by atoms with Crippen LogP contribution in [-0.4, -0.2) is 49.4 Å². The molecular formula is C26H22N6O. The van der Waals surface area contributed by atoms with Crippen LogP contribution < -0.4 is 0 Å². The normalized spacial score (nSPS) is 11.0. The minimum absolute atomic E-state index is 0.0763. The summed E-state index contributed by atoms with van der Waals surface area (Å²) in [5, 5.41) is 1.05. The zero-order chi connectivity index (χ0) is 22.9. The number of rotatable bonds is 4. The van der Waals surface area contributed by atoms with Gasteiger partial charge < -0.3 is 9.47 Å². The number of nitrogens with zero attached hydrogens (tertiary/aromatic N) is 6. The van der Waals surface area contributed by atoms with Crippen molar-refractivity contribution in [1.29, 1.82) is 0 Å². The molecule has 7 nitrogen and oxygen atoms in total. The molecule has 0 saturated heterocycles. The molecule has 5 rings (SSSR count). The van der Waals surface area contributed by atoms with E-state index in [2.05, 4.69) is 27.2 Å². The summed E-state index contributed by atoms with van der Waals surface area (Å²) in [6.07, 6.45) is 12.8. The highest BCUT2D eigenvalue weighted by molar-refractivity contribution is 5.96. The van der Waals surface area contributed by atoms with E-state index in [1.165, 1.54) is 4.90 Å². The topological polar surface area (TPSA) is 76.8 Å². The number of aromatic nitrogens is 5. The second-order valence-corrected chi connectivity index (χ2v) is 8.08. The Bertz CT molecular complexity index is 1460. The minimum atomic E-state index is -0.0763. The molecular weight excluding hydrogens is 412 g/mol. The molecule has 0 bridgehead atoms. The number of carbonyl (C=O) groups excluding carboxylic acids is 1. The van der Waals surface area contributed by atoms with Crippen molar-refractivity contribution in [1.82, 2.24) is 29.4 Å². The smallest absolute Gasteiger partial charge is 0.254 e. The minimum Gasteiger partial charge on any atom is -0.345 e. The first kappa shape index (κ1) is 20.5. The monoisotopic (exact) mass is 434 g/mol. The molecule has 0 aliphatic heterocycles. The van der Waals surface area contributed by atoms with E-state index < -0.39 is 0 Å². The molecule has 1 amide bonds. The summed E-state index contributed by atoms with van der Waals surface area (Å²) in [7, 11) is 5.44. The Kier molecular flexibility index (Phi) is 5.14. The molecule has 162 valence electrons. The number of pyridine rings is 4. The Hall–Kier alpha value is -4.39. The highest BCUT2D eigenvalue weighted by Gasteiger charge is 2.13. The standard InChI is InChI=1S/C26H22N6O/c1-31(2)26(33)18-6-7-24(29-14-18)21-9-19(12-28-13-21)20-10-22-23(17-5-4-8-27-11-17)16-32(3)25(22)30-15-20/h4-16H,1-3H3. The third-order valence-electron chi connectivity index (χ3n) is 5.57. The first-order chi connectivity index (χ1) is 16.0. The summed E-state index contributed by atoms with van der Waals surface area (Å²) in [6, 6.07) is 11.8. The summed E-state index contributed by atoms with van der Waals surface area (Å²) in [5.41, 5.74) is 7.12. The van der Waals surface area contributed by atoms with Crippen LogP contribution >= 0.6 is 0 Å². The fourth-order valence-electron chi connectivity index (χ4n) is 3.86. The van der Waals surface area contributed by atoms with Crippen LogP contribution in [0.3, 0.4) is 0 Å². The first-order valence-electron chi connectivity index (χ1n) is 10.5. The van der Waals surface area contributed by atoms with Crippen molar-refractivity contribution in [2.24, 2.45) is 7.05 Å². The Morgan fingerprint density at radius 1 is 0.848 bits per heavy atom. The van der Waals surface area contributed by atoms with Gasteiger partial charge in [-0.1, -0.05) is 6.07 Å². The van der Waals surface area contributed by atoms with Gasteiger partial charge in [-0.2, -0.15) is 0 Å². The first-order valence-corrected chi connectivity index (χ1v) is 10.5. The summed E-state index contributed by atoms with van der Waals surface area (Å²) >= 11 is 0. The van der Waals surface area contributed by atoms with Gasteiger partial charge in [-0.25, -0.2) is 4.98 Å². The van der Waals surface area contributed by atoms with Crippen molar-refractivity contribution in [2.75, 3.05) is 14.1 Å². The quantitative estimate of drug-likeness (QED) is 0.417. The van der Waals surface area contributed by atoms with Gasteiger partial charge in [-0.15, -0.1) is 0 Å². The van der Waals surface area contributed by atoms with Gasteiger partial charge in [-0.3, -0.25) is 19.7 Å². The lowest BCUT2D eigenvalue weighted by atomic mass is 10.0. The van der Waals surface area contributed by atoms with Crippen LogP contribution in [0.25, 0.3) is 44.5 Å². The van der Waals surface area contributed by atoms with E-state index in [0.717, 1.165) is 44.5 Å². The van der Waals surface area contributed by atoms with Crippen LogP contribution in [0.5, 0.6) is 0 Å². The molecule has 0 unspecified atom stereocenters. The number of carbonyl (C=O) groups is 1. The van der Waals surface area contributed by atoms with Crippen molar-refractivity contribution < 1.29 is 4.79 Å². The molecule has 0 atom stereocenters. The van der Waals surface area contributed by atoms with Gasteiger partial charge in [0.05, 0.1) is 11.3 Å². The maximum atomic E-state index is 12.1. The molecule has 33 heavy (non-hydrogen) atoms. The summed E-state index contributed by atoms with van der Waals surface area (Å²) in [5.74, 6) is -0.0763. The number of hydrogen-bond acceptors (Lipinski definition) is 5. The van der Waals surface area contributed by atoms with Crippen molar-refractivity contribution in [3.8, 4) is 33.5 Å². The van der Waals surface area contributed by atoms with Crippen LogP contribution in [0.2, 0.25) is 0 Å². The molecule has 0 spiro atoms.